The number of carbonyl (C=O) groups excluding carboxylic acids is 2. The van der Waals surface area contributed by atoms with Crippen LogP contribution in [0, 0.1) is 17.8 Å². The summed E-state index contributed by atoms with van der Waals surface area (Å²) in [4.78, 5) is 40.9. The first kappa shape index (κ1) is 45.8. The number of Topliss-reactive ketones (excluding diaryl/α,β-unsaturated/α-hetero) is 1. The van der Waals surface area contributed by atoms with E-state index < -0.39 is 113 Å². The summed E-state index contributed by atoms with van der Waals surface area (Å²) in [5.74, 6) is -7.29. The lowest BCUT2D eigenvalue weighted by Gasteiger charge is -2.46. The van der Waals surface area contributed by atoms with E-state index >= 15 is 0 Å². The molecule has 0 amide bonds. The smallest absolute Gasteiger partial charge is 0.336 e. The average Bonchev–Trinajstić information content (AvgIpc) is 4.06. The summed E-state index contributed by atoms with van der Waals surface area (Å²) in [6.07, 6.45) is 2.32. The fraction of sp³-hybridized carbons (Fsp3) is 0.851. The summed E-state index contributed by atoms with van der Waals surface area (Å²) < 4.78 is 58.2. The van der Waals surface area contributed by atoms with Gasteiger partial charge in [-0.2, -0.15) is 0 Å². The van der Waals surface area contributed by atoms with Crippen LogP contribution in [-0.2, 0) is 57.0 Å². The summed E-state index contributed by atoms with van der Waals surface area (Å²) in [5, 5.41) is 45.4. The number of carbonyl (C=O) groups is 3. The van der Waals surface area contributed by atoms with Crippen LogP contribution in [0.3, 0.4) is 0 Å². The predicted octanol–water partition coefficient (Wildman–Crippen LogP) is 4.32. The molecule has 8 saturated heterocycles. The third kappa shape index (κ3) is 8.18. The maximum absolute atomic E-state index is 14.1. The lowest BCUT2D eigenvalue weighted by atomic mass is 9.87. The van der Waals surface area contributed by atoms with Crippen molar-refractivity contribution in [3.63, 3.8) is 0 Å². The van der Waals surface area contributed by atoms with E-state index in [0.29, 0.717) is 57.8 Å². The average molecular weight is 889 g/mol. The van der Waals surface area contributed by atoms with E-state index in [1.54, 1.807) is 13.8 Å². The van der Waals surface area contributed by atoms with E-state index in [4.69, 9.17) is 42.6 Å². The Labute approximate surface area is 369 Å². The molecule has 19 atom stereocenters. The standard InChI is InChI=1S/C47H68O16/c1-25-9-10-31-33(21-36(56-31)47(54)38(49)27(3)13-19-55-47)57-40(51)28(4)30-8-7-14-45(58-30)16-11-32(59-45)39(50)43(6)23-29(48)37(62-43)34-24-44(41(52)53)17-18-46(60-34,63-44)35-12-15-42(5,61-35)22-26(2)20-25/h9-10,20,26-28,30-39,49-50,54H,7-8,11-19,21-24H2,1-6H3,(H,52,53)/b10-9+,25-20-/t26-,27+,28+,30-,31+,32-,33+,34-,35-,36+,37-,38+,39-,42+,43+,44-,45-,46-,47+/m1/s1. The highest BCUT2D eigenvalue weighted by atomic mass is 16.8. The highest BCUT2D eigenvalue weighted by Gasteiger charge is 2.68. The molecule has 0 aromatic carbocycles. The number of aliphatic hydroxyl groups is 3. The Balaban J connectivity index is 1.01. The molecule has 0 radical (unpaired) electrons. The Hall–Kier alpha value is -2.35. The third-order valence-corrected chi connectivity index (χ3v) is 16.0. The van der Waals surface area contributed by atoms with E-state index in [0.717, 1.165) is 5.57 Å². The molecule has 9 aliphatic heterocycles. The van der Waals surface area contributed by atoms with E-state index in [1.807, 2.05) is 32.9 Å². The SMILES string of the molecule is CC1=C/[C@@H](C)C[C@]2(C)CC[C@@H](O2)[C@]23CC[C@](C(=O)O)(C[C@@H](O2)[C@@H]2O[C@@](C)(CC2=O)[C@H](O)[C@H]2CC[C@@]4(CCC[C@@H](O4)[C@H](C)C(=O)O[C@H]4C[C@@H]([C@]5(O)OCC[C@H](C)[C@@H]5O)O[C@H]4\C=C\1)O2)O3. The minimum absolute atomic E-state index is 0.0310. The van der Waals surface area contributed by atoms with Crippen molar-refractivity contribution in [1.29, 1.82) is 0 Å². The van der Waals surface area contributed by atoms with E-state index in [-0.39, 0.29) is 56.3 Å². The monoisotopic (exact) mass is 888 g/mol. The number of carboxylic acid groups (broad SMARTS) is 1. The van der Waals surface area contributed by atoms with Crippen molar-refractivity contribution >= 4 is 17.7 Å². The molecular weight excluding hydrogens is 821 g/mol. The van der Waals surface area contributed by atoms with Gasteiger partial charge < -0.3 is 63.1 Å². The molecule has 0 aliphatic carbocycles. The van der Waals surface area contributed by atoms with Crippen molar-refractivity contribution in [2.75, 3.05) is 6.61 Å². The normalized spacial score (nSPS) is 54.2. The Kier molecular flexibility index (Phi) is 12.0. The van der Waals surface area contributed by atoms with Gasteiger partial charge in [-0.3, -0.25) is 9.59 Å². The Bertz CT molecular complexity index is 1860. The zero-order valence-electron chi connectivity index (χ0n) is 37.5. The first-order chi connectivity index (χ1) is 29.7. The highest BCUT2D eigenvalue weighted by Crippen LogP contribution is 2.55. The summed E-state index contributed by atoms with van der Waals surface area (Å²) >= 11 is 0. The second kappa shape index (κ2) is 16.5. The maximum atomic E-state index is 14.1. The zero-order chi connectivity index (χ0) is 44.9. The number of carboxylic acids is 1. The number of hydrogen-bond donors (Lipinski definition) is 4. The van der Waals surface area contributed by atoms with Crippen molar-refractivity contribution in [2.45, 2.75) is 227 Å². The number of esters is 1. The van der Waals surface area contributed by atoms with Crippen molar-refractivity contribution in [1.82, 2.24) is 0 Å². The van der Waals surface area contributed by atoms with Gasteiger partial charge >= 0.3 is 11.9 Å². The molecule has 4 N–H and O–H groups in total. The Morgan fingerprint density at radius 2 is 1.59 bits per heavy atom. The maximum Gasteiger partial charge on any atom is 0.336 e. The second-order valence-electron chi connectivity index (χ2n) is 21.1. The molecule has 8 fully saturated rings. The van der Waals surface area contributed by atoms with Crippen molar-refractivity contribution in [3.05, 3.63) is 23.8 Å². The largest absolute Gasteiger partial charge is 0.479 e. The molecule has 2 spiro atoms. The number of ketones is 1. The van der Waals surface area contributed by atoms with Crippen molar-refractivity contribution < 1.29 is 77.4 Å². The predicted molar refractivity (Wildman–Crippen MR) is 220 cm³/mol. The molecule has 16 nitrogen and oxygen atoms in total. The quantitative estimate of drug-likeness (QED) is 0.284. The molecule has 63 heavy (non-hydrogen) atoms. The molecule has 352 valence electrons. The summed E-state index contributed by atoms with van der Waals surface area (Å²) in [5.41, 5.74) is -2.63. The van der Waals surface area contributed by atoms with Crippen LogP contribution in [-0.4, -0.2) is 140 Å². The van der Waals surface area contributed by atoms with Crippen LogP contribution in [0.4, 0.5) is 0 Å². The van der Waals surface area contributed by atoms with Gasteiger partial charge in [0.2, 0.25) is 5.79 Å². The van der Waals surface area contributed by atoms with Gasteiger partial charge in [-0.15, -0.1) is 0 Å². The summed E-state index contributed by atoms with van der Waals surface area (Å²) in [6, 6.07) is 0. The number of hydrogen-bond acceptors (Lipinski definition) is 15. The molecule has 0 unspecified atom stereocenters. The van der Waals surface area contributed by atoms with Gasteiger partial charge in [-0.05, 0) is 90.9 Å². The number of aliphatic hydroxyl groups excluding tert-OH is 2. The molecule has 0 saturated carbocycles. The zero-order valence-corrected chi connectivity index (χ0v) is 37.5. The molecule has 9 rings (SSSR count). The topological polar surface area (TPSA) is 215 Å². The number of allylic oxidation sites excluding steroid dienone is 3. The molecule has 10 bridgehead atoms. The lowest BCUT2D eigenvalue weighted by Crippen LogP contribution is -2.60. The minimum Gasteiger partial charge on any atom is -0.479 e. The number of rotatable bonds is 2. The second-order valence-corrected chi connectivity index (χ2v) is 21.1. The van der Waals surface area contributed by atoms with E-state index in [1.165, 1.54) is 0 Å². The fourth-order valence-corrected chi connectivity index (χ4v) is 12.5. The number of ether oxygens (including phenoxy) is 9. The van der Waals surface area contributed by atoms with Gasteiger partial charge in [0.1, 0.15) is 48.3 Å². The van der Waals surface area contributed by atoms with Gasteiger partial charge in [0.25, 0.3) is 0 Å². The van der Waals surface area contributed by atoms with Crippen LogP contribution in [0.25, 0.3) is 0 Å². The van der Waals surface area contributed by atoms with Crippen molar-refractivity contribution in [2.24, 2.45) is 17.8 Å². The first-order valence-corrected chi connectivity index (χ1v) is 23.5. The highest BCUT2D eigenvalue weighted by molar-refractivity contribution is 5.87. The molecule has 0 aromatic heterocycles. The fourth-order valence-electron chi connectivity index (χ4n) is 12.5. The summed E-state index contributed by atoms with van der Waals surface area (Å²) in [7, 11) is 0. The number of fused-ring (bicyclic) bond motifs is 10. The van der Waals surface area contributed by atoms with Crippen molar-refractivity contribution in [3.8, 4) is 0 Å². The van der Waals surface area contributed by atoms with E-state index in [9.17, 15) is 34.8 Å². The van der Waals surface area contributed by atoms with Crippen LogP contribution in [0.1, 0.15) is 131 Å². The molecule has 16 heteroatoms. The van der Waals surface area contributed by atoms with E-state index in [2.05, 4.69) is 13.0 Å². The number of aliphatic carboxylic acids is 1. The lowest BCUT2D eigenvalue weighted by molar-refractivity contribution is -0.358. The Morgan fingerprint density at radius 3 is 2.37 bits per heavy atom. The Morgan fingerprint density at radius 1 is 0.810 bits per heavy atom. The minimum atomic E-state index is -1.99. The van der Waals surface area contributed by atoms with Crippen LogP contribution >= 0.6 is 0 Å². The summed E-state index contributed by atoms with van der Waals surface area (Å²) in [6.45, 7) is 11.6. The molecule has 0 aromatic rings. The van der Waals surface area contributed by atoms with Gasteiger partial charge in [-0.25, -0.2) is 4.79 Å². The van der Waals surface area contributed by atoms with Crippen LogP contribution < -0.4 is 0 Å². The van der Waals surface area contributed by atoms with Crippen LogP contribution in [0.15, 0.2) is 23.8 Å². The van der Waals surface area contributed by atoms with Gasteiger partial charge in [0.05, 0.1) is 36.4 Å². The first-order valence-electron chi connectivity index (χ1n) is 23.5. The molecular formula is C47H68O16. The van der Waals surface area contributed by atoms with Gasteiger partial charge in [-0.1, -0.05) is 37.6 Å². The van der Waals surface area contributed by atoms with Crippen LogP contribution in [0.5, 0.6) is 0 Å². The molecule has 9 heterocycles. The third-order valence-electron chi connectivity index (χ3n) is 16.0. The van der Waals surface area contributed by atoms with Gasteiger partial charge in [0, 0.05) is 38.5 Å². The van der Waals surface area contributed by atoms with Gasteiger partial charge in [0.15, 0.2) is 23.0 Å². The van der Waals surface area contributed by atoms with Crippen LogP contribution in [0.2, 0.25) is 0 Å². The molecule has 9 aliphatic rings.